The maximum atomic E-state index is 13.0. The molecule has 0 aliphatic carbocycles. The monoisotopic (exact) mass is 509 g/mol. The fourth-order valence-electron chi connectivity index (χ4n) is 3.21. The summed E-state index contributed by atoms with van der Waals surface area (Å²) in [5.41, 5.74) is 5.12. The highest BCUT2D eigenvalue weighted by atomic mass is 28.3. The quantitative estimate of drug-likeness (QED) is 0.231. The Morgan fingerprint density at radius 1 is 1.26 bits per heavy atom. The molecule has 3 rings (SSSR count). The van der Waals surface area contributed by atoms with Gasteiger partial charge < -0.3 is 25.1 Å². The predicted octanol–water partition coefficient (Wildman–Crippen LogP) is 5.28. The number of fused-ring (bicyclic) bond motifs is 1. The van der Waals surface area contributed by atoms with Crippen LogP contribution in [0.2, 0.25) is 25.7 Å². The molecule has 0 fully saturated rings. The Bertz CT molecular complexity index is 1210. The number of benzene rings is 1. The predicted molar refractivity (Wildman–Crippen MR) is 130 cm³/mol. The molecule has 0 spiro atoms. The van der Waals surface area contributed by atoms with E-state index in [1.54, 1.807) is 10.8 Å². The first-order valence-electron chi connectivity index (χ1n) is 11.1. The van der Waals surface area contributed by atoms with Crippen molar-refractivity contribution in [3.63, 3.8) is 0 Å². The molecule has 0 bridgehead atoms. The summed E-state index contributed by atoms with van der Waals surface area (Å²) < 4.78 is 52.0. The Kier molecular flexibility index (Phi) is 7.75. The van der Waals surface area contributed by atoms with Crippen LogP contribution in [0.5, 0.6) is 11.6 Å². The minimum Gasteiger partial charge on any atom is -0.437 e. The van der Waals surface area contributed by atoms with Crippen LogP contribution < -0.4 is 15.8 Å². The van der Waals surface area contributed by atoms with E-state index in [-0.39, 0.29) is 41.4 Å². The van der Waals surface area contributed by atoms with Gasteiger partial charge in [0.25, 0.3) is 5.91 Å². The van der Waals surface area contributed by atoms with Gasteiger partial charge in [-0.1, -0.05) is 19.6 Å². The van der Waals surface area contributed by atoms with E-state index in [4.69, 9.17) is 15.2 Å². The molecule has 0 saturated carbocycles. The summed E-state index contributed by atoms with van der Waals surface area (Å²) in [6.07, 6.45) is -1.62. The van der Waals surface area contributed by atoms with Crippen molar-refractivity contribution in [1.82, 2.24) is 19.9 Å². The summed E-state index contributed by atoms with van der Waals surface area (Å²) >= 11 is 0. The molecule has 8 nitrogen and oxygen atoms in total. The summed E-state index contributed by atoms with van der Waals surface area (Å²) in [5, 5.41) is 2.83. The molecule has 0 saturated heterocycles. The van der Waals surface area contributed by atoms with Gasteiger partial charge in [-0.3, -0.25) is 4.79 Å². The molecule has 3 aromatic rings. The number of amides is 1. The normalized spacial score (nSPS) is 12.4. The van der Waals surface area contributed by atoms with Crippen molar-refractivity contribution in [2.45, 2.75) is 58.5 Å². The third kappa shape index (κ3) is 6.95. The van der Waals surface area contributed by atoms with Crippen LogP contribution in [0.25, 0.3) is 11.2 Å². The topological polar surface area (TPSA) is 104 Å². The van der Waals surface area contributed by atoms with Crippen molar-refractivity contribution in [3.8, 4) is 11.6 Å². The third-order valence-electron chi connectivity index (χ3n) is 4.99. The maximum absolute atomic E-state index is 13.0. The van der Waals surface area contributed by atoms with Crippen LogP contribution in [0.4, 0.5) is 18.9 Å². The van der Waals surface area contributed by atoms with Crippen molar-refractivity contribution in [3.05, 3.63) is 41.7 Å². The Morgan fingerprint density at radius 3 is 2.57 bits per heavy atom. The second-order valence-electron chi connectivity index (χ2n) is 9.72. The number of carbonyl (C=O) groups is 1. The Balaban J connectivity index is 1.90. The Morgan fingerprint density at radius 2 is 1.97 bits per heavy atom. The minimum atomic E-state index is -4.57. The zero-order valence-electron chi connectivity index (χ0n) is 20.4. The molecule has 3 N–H and O–H groups in total. The Hall–Kier alpha value is -3.12. The second-order valence-corrected chi connectivity index (χ2v) is 15.3. The lowest BCUT2D eigenvalue weighted by Gasteiger charge is -2.15. The van der Waals surface area contributed by atoms with Crippen LogP contribution in [-0.4, -0.2) is 41.2 Å². The molecule has 2 aromatic heterocycles. The van der Waals surface area contributed by atoms with Crippen molar-refractivity contribution < 1.29 is 27.4 Å². The molecule has 0 aliphatic rings. The molecule has 0 radical (unpaired) electrons. The largest absolute Gasteiger partial charge is 0.437 e. The smallest absolute Gasteiger partial charge is 0.418 e. The molecule has 0 aliphatic heterocycles. The van der Waals surface area contributed by atoms with Gasteiger partial charge in [0.15, 0.2) is 5.65 Å². The van der Waals surface area contributed by atoms with Crippen molar-refractivity contribution >= 4 is 30.8 Å². The lowest BCUT2D eigenvalue weighted by molar-refractivity contribution is -0.136. The molecular weight excluding hydrogens is 479 g/mol. The summed E-state index contributed by atoms with van der Waals surface area (Å²) in [6, 6.07) is 3.95. The highest BCUT2D eigenvalue weighted by Gasteiger charge is 2.33. The average molecular weight is 510 g/mol. The summed E-state index contributed by atoms with van der Waals surface area (Å²) in [7, 11) is -1.26. The zero-order chi connectivity index (χ0) is 26.0. The Labute approximate surface area is 202 Å². The van der Waals surface area contributed by atoms with Gasteiger partial charge in [0.2, 0.25) is 5.88 Å². The number of nitrogens with one attached hydrogen (secondary N) is 1. The lowest BCUT2D eigenvalue weighted by atomic mass is 10.1. The average Bonchev–Trinajstić information content (AvgIpc) is 3.07. The van der Waals surface area contributed by atoms with Crippen LogP contribution in [-0.2, 0) is 17.6 Å². The van der Waals surface area contributed by atoms with Gasteiger partial charge in [-0.25, -0.2) is 9.97 Å². The number of rotatable bonds is 9. The van der Waals surface area contributed by atoms with Crippen LogP contribution >= 0.6 is 0 Å². The van der Waals surface area contributed by atoms with Gasteiger partial charge in [-0.05, 0) is 32.0 Å². The number of alkyl halides is 3. The van der Waals surface area contributed by atoms with Gasteiger partial charge in [0, 0.05) is 38.7 Å². The van der Waals surface area contributed by atoms with Crippen molar-refractivity contribution in [2.24, 2.45) is 0 Å². The number of halogens is 3. The van der Waals surface area contributed by atoms with E-state index in [0.717, 1.165) is 24.2 Å². The van der Waals surface area contributed by atoms with Gasteiger partial charge in [0.05, 0.1) is 17.3 Å². The van der Waals surface area contributed by atoms with Crippen LogP contribution in [0.15, 0.2) is 30.6 Å². The molecule has 2 heterocycles. The first-order chi connectivity index (χ1) is 16.2. The maximum Gasteiger partial charge on any atom is 0.418 e. The van der Waals surface area contributed by atoms with E-state index in [1.807, 2.05) is 13.8 Å². The van der Waals surface area contributed by atoms with E-state index in [2.05, 4.69) is 34.9 Å². The summed E-state index contributed by atoms with van der Waals surface area (Å²) in [5.74, 6) is -0.268. The van der Waals surface area contributed by atoms with Gasteiger partial charge in [-0.15, -0.1) is 0 Å². The van der Waals surface area contributed by atoms with E-state index < -0.39 is 25.5 Å². The van der Waals surface area contributed by atoms with Crippen LogP contribution in [0, 0.1) is 0 Å². The van der Waals surface area contributed by atoms with Crippen molar-refractivity contribution in [1.29, 1.82) is 0 Å². The fraction of sp³-hybridized carbons (Fsp3) is 0.435. The number of carbonyl (C=O) groups excluding carboxylic acids is 1. The minimum absolute atomic E-state index is 0.00709. The molecule has 35 heavy (non-hydrogen) atoms. The van der Waals surface area contributed by atoms with E-state index in [0.29, 0.717) is 12.3 Å². The van der Waals surface area contributed by atoms with E-state index >= 15 is 0 Å². The van der Waals surface area contributed by atoms with Gasteiger partial charge in [0.1, 0.15) is 18.0 Å². The standard InChI is InChI=1S/C23H30F3N5O3Si/c1-14(2)29-22(32)16-12-31(13-33-8-9-35(3,4)5)21-20(16)30-19(11-28-21)34-15-6-7-17(18(27)10-15)23(24,25)26/h6-7,10-12,14H,8-9,13,27H2,1-5H3,(H,29,32). The van der Waals surface area contributed by atoms with Gasteiger partial charge >= 0.3 is 6.18 Å². The van der Waals surface area contributed by atoms with Gasteiger partial charge in [-0.2, -0.15) is 13.2 Å². The number of nitrogens with zero attached hydrogens (tertiary/aromatic N) is 3. The molecule has 0 atom stereocenters. The number of anilines is 1. The van der Waals surface area contributed by atoms with Crippen LogP contribution in [0.1, 0.15) is 29.8 Å². The van der Waals surface area contributed by atoms with Crippen LogP contribution in [0.3, 0.4) is 0 Å². The highest BCUT2D eigenvalue weighted by Crippen LogP contribution is 2.36. The summed E-state index contributed by atoms with van der Waals surface area (Å²) in [6.45, 7) is 11.2. The number of ether oxygens (including phenoxy) is 2. The van der Waals surface area contributed by atoms with Crippen molar-refractivity contribution in [2.75, 3.05) is 12.3 Å². The molecule has 12 heteroatoms. The molecule has 1 aromatic carbocycles. The number of nitrogens with two attached hydrogens (primary N) is 1. The van der Waals surface area contributed by atoms with E-state index in [1.165, 1.54) is 6.20 Å². The SMILES string of the molecule is CC(C)NC(=O)c1cn(COCC[Si](C)(C)C)c2ncc(Oc3ccc(C(F)(F)F)c(N)c3)nc12. The number of hydrogen-bond donors (Lipinski definition) is 2. The first kappa shape index (κ1) is 26.5. The fourth-order valence-corrected chi connectivity index (χ4v) is 3.97. The first-order valence-corrected chi connectivity index (χ1v) is 14.8. The number of nitrogen functional groups attached to an aromatic ring is 1. The lowest BCUT2D eigenvalue weighted by Crippen LogP contribution is -2.30. The molecule has 1 amide bonds. The van der Waals surface area contributed by atoms with E-state index in [9.17, 15) is 18.0 Å². The third-order valence-corrected chi connectivity index (χ3v) is 6.69. The number of aromatic nitrogens is 3. The highest BCUT2D eigenvalue weighted by molar-refractivity contribution is 6.76. The molecule has 0 unspecified atom stereocenters. The number of hydrogen-bond acceptors (Lipinski definition) is 6. The zero-order valence-corrected chi connectivity index (χ0v) is 21.4. The molecular formula is C23H30F3N5O3Si. The molecule has 190 valence electrons. The second kappa shape index (κ2) is 10.2. The summed E-state index contributed by atoms with van der Waals surface area (Å²) in [4.78, 5) is 21.6.